The van der Waals surface area contributed by atoms with E-state index in [4.69, 9.17) is 9.47 Å². The Morgan fingerprint density at radius 1 is 0.380 bits per heavy atom. The van der Waals surface area contributed by atoms with Gasteiger partial charge in [0.1, 0.15) is 24.6 Å². The van der Waals surface area contributed by atoms with Crippen molar-refractivity contribution < 1.29 is 28.2 Å². The summed E-state index contributed by atoms with van der Waals surface area (Å²) in [5.74, 6) is 0.783. The Labute approximate surface area is 300 Å². The highest BCUT2D eigenvalue weighted by atomic mass is 16.5. The van der Waals surface area contributed by atoms with E-state index >= 15 is 0 Å². The molecule has 0 saturated heterocycles. The molecule has 0 aliphatic carbocycles. The maximum atomic E-state index is 12.3. The van der Waals surface area contributed by atoms with E-state index in [1.807, 2.05) is 48.5 Å². The minimum atomic E-state index is -0.174. The summed E-state index contributed by atoms with van der Waals surface area (Å²) in [4.78, 5) is 24.7. The molecular weight excluding hydrogens is 620 g/mol. The summed E-state index contributed by atoms with van der Waals surface area (Å²) >= 11 is 0. The van der Waals surface area contributed by atoms with Crippen molar-refractivity contribution in [2.45, 2.75) is 129 Å². The van der Waals surface area contributed by atoms with E-state index in [2.05, 4.69) is 70.3 Å². The van der Waals surface area contributed by atoms with Gasteiger partial charge in [-0.05, 0) is 61.1 Å². The molecular formula is C44H58N2O4+2. The maximum absolute atomic E-state index is 12.3. The lowest BCUT2D eigenvalue weighted by Gasteiger charge is -2.08. The molecule has 0 unspecified atom stereocenters. The molecule has 0 atom stereocenters. The highest BCUT2D eigenvalue weighted by Crippen LogP contribution is 2.25. The van der Waals surface area contributed by atoms with Crippen LogP contribution in [0.5, 0.6) is 11.5 Å². The second-order valence-electron chi connectivity index (χ2n) is 13.4. The number of nitrogens with zero attached hydrogens (tertiary/aromatic N) is 2. The Morgan fingerprint density at radius 3 is 1.02 bits per heavy atom. The van der Waals surface area contributed by atoms with Crippen LogP contribution in [-0.4, -0.2) is 11.9 Å². The number of benzene rings is 2. The predicted molar refractivity (Wildman–Crippen MR) is 200 cm³/mol. The topological polar surface area (TPSA) is 60.4 Å². The average molecular weight is 679 g/mol. The highest BCUT2D eigenvalue weighted by Gasteiger charge is 2.08. The smallest absolute Gasteiger partial charge is 0.311 e. The summed E-state index contributed by atoms with van der Waals surface area (Å²) in [6.45, 7) is 2.18. The molecule has 266 valence electrons. The molecule has 2 heterocycles. The maximum Gasteiger partial charge on any atom is 0.311 e. The van der Waals surface area contributed by atoms with Gasteiger partial charge in [0.15, 0.2) is 24.8 Å². The van der Waals surface area contributed by atoms with Crippen LogP contribution < -0.4 is 18.6 Å². The van der Waals surface area contributed by atoms with Gasteiger partial charge in [0.2, 0.25) is 0 Å². The molecule has 0 amide bonds. The molecule has 2 aromatic carbocycles. The van der Waals surface area contributed by atoms with E-state index in [9.17, 15) is 9.59 Å². The Hall–Kier alpha value is -4.32. The van der Waals surface area contributed by atoms with Crippen molar-refractivity contribution in [2.75, 3.05) is 0 Å². The van der Waals surface area contributed by atoms with Crippen LogP contribution in [-0.2, 0) is 22.7 Å². The lowest BCUT2D eigenvalue weighted by Crippen LogP contribution is -2.32. The van der Waals surface area contributed by atoms with E-state index in [1.54, 1.807) is 0 Å². The van der Waals surface area contributed by atoms with Crippen LogP contribution in [0.2, 0.25) is 0 Å². The Morgan fingerprint density at radius 2 is 0.680 bits per heavy atom. The molecule has 0 saturated carbocycles. The van der Waals surface area contributed by atoms with Crippen LogP contribution in [0.1, 0.15) is 116 Å². The number of aromatic nitrogens is 2. The molecule has 50 heavy (non-hydrogen) atoms. The van der Waals surface area contributed by atoms with Crippen molar-refractivity contribution >= 4 is 11.9 Å². The summed E-state index contributed by atoms with van der Waals surface area (Å²) in [7, 11) is 0. The van der Waals surface area contributed by atoms with Gasteiger partial charge >= 0.3 is 11.9 Å². The number of carbonyl (C=O) groups is 2. The molecule has 0 aliphatic rings. The molecule has 0 radical (unpaired) electrons. The second kappa shape index (κ2) is 23.9. The van der Waals surface area contributed by atoms with Gasteiger partial charge in [-0.3, -0.25) is 9.59 Å². The molecule has 6 nitrogen and oxygen atoms in total. The van der Waals surface area contributed by atoms with Crippen molar-refractivity contribution in [3.8, 4) is 22.6 Å². The van der Waals surface area contributed by atoms with Crippen LogP contribution in [0, 0.1) is 0 Å². The molecule has 0 N–H and O–H groups in total. The van der Waals surface area contributed by atoms with Gasteiger partial charge in [-0.25, -0.2) is 9.13 Å². The third kappa shape index (κ3) is 16.4. The first-order valence-electron chi connectivity index (χ1n) is 19.2. The van der Waals surface area contributed by atoms with Crippen molar-refractivity contribution in [2.24, 2.45) is 0 Å². The lowest BCUT2D eigenvalue weighted by atomic mass is 10.1. The summed E-state index contributed by atoms with van der Waals surface area (Å²) in [6.07, 6.45) is 28.1. The average Bonchev–Trinajstić information content (AvgIpc) is 3.14. The first-order valence-corrected chi connectivity index (χ1v) is 19.2. The number of ether oxygens (including phenoxy) is 2. The van der Waals surface area contributed by atoms with Crippen molar-refractivity contribution in [3.05, 3.63) is 110 Å². The zero-order chi connectivity index (χ0) is 34.9. The third-order valence-electron chi connectivity index (χ3n) is 9.15. The molecule has 2 aromatic heterocycles. The SMILES string of the molecule is O=C(CCCCCCCCCC[n+]1ccccc1)Oc1ccc(-c2ccc(OC(=O)CCCCCCCCCC[n+]3ccccc3)cc2)cc1. The molecule has 0 aliphatic heterocycles. The highest BCUT2D eigenvalue weighted by molar-refractivity contribution is 5.74. The third-order valence-corrected chi connectivity index (χ3v) is 9.15. The molecule has 4 rings (SSSR count). The Bertz CT molecular complexity index is 1360. The van der Waals surface area contributed by atoms with Crippen molar-refractivity contribution in [1.82, 2.24) is 0 Å². The van der Waals surface area contributed by atoms with Gasteiger partial charge in [0.05, 0.1) is 0 Å². The van der Waals surface area contributed by atoms with E-state index in [0.29, 0.717) is 24.3 Å². The molecule has 6 heteroatoms. The largest absolute Gasteiger partial charge is 0.427 e. The number of esters is 2. The Kier molecular flexibility index (Phi) is 18.4. The van der Waals surface area contributed by atoms with E-state index in [1.165, 1.54) is 77.0 Å². The molecule has 0 fully saturated rings. The summed E-state index contributed by atoms with van der Waals surface area (Å²) in [5.41, 5.74) is 2.02. The molecule has 0 spiro atoms. The van der Waals surface area contributed by atoms with Gasteiger partial charge in [0, 0.05) is 49.9 Å². The van der Waals surface area contributed by atoms with Gasteiger partial charge in [-0.1, -0.05) is 101 Å². The first-order chi connectivity index (χ1) is 24.7. The zero-order valence-electron chi connectivity index (χ0n) is 30.1. The van der Waals surface area contributed by atoms with E-state index in [0.717, 1.165) is 49.9 Å². The molecule has 4 aromatic rings. The summed E-state index contributed by atoms with van der Waals surface area (Å²) < 4.78 is 15.6. The van der Waals surface area contributed by atoms with E-state index in [-0.39, 0.29) is 11.9 Å². The fourth-order valence-electron chi connectivity index (χ4n) is 6.21. The lowest BCUT2D eigenvalue weighted by molar-refractivity contribution is -0.697. The van der Waals surface area contributed by atoms with Crippen molar-refractivity contribution in [3.63, 3.8) is 0 Å². The number of pyridine rings is 2. The van der Waals surface area contributed by atoms with Crippen LogP contribution in [0.4, 0.5) is 0 Å². The van der Waals surface area contributed by atoms with Gasteiger partial charge in [-0.2, -0.15) is 0 Å². The second-order valence-corrected chi connectivity index (χ2v) is 13.4. The van der Waals surface area contributed by atoms with Crippen molar-refractivity contribution in [1.29, 1.82) is 0 Å². The van der Waals surface area contributed by atoms with Gasteiger partial charge in [0.25, 0.3) is 0 Å². The number of unbranched alkanes of at least 4 members (excludes halogenated alkanes) is 14. The van der Waals surface area contributed by atoms with Crippen LogP contribution >= 0.6 is 0 Å². The number of aryl methyl sites for hydroxylation is 2. The zero-order valence-corrected chi connectivity index (χ0v) is 30.1. The van der Waals surface area contributed by atoms with Crippen LogP contribution in [0.15, 0.2) is 110 Å². The number of carbonyl (C=O) groups excluding carboxylic acids is 2. The standard InChI is InChI=1S/C44H58N2O4/c47-43(23-15-9-5-1-3-7-11-17-33-45-35-19-13-20-36-45)49-41-29-25-39(26-30-41)40-27-31-42(32-28-40)50-44(48)24-16-10-6-2-4-8-12-18-34-46-37-21-14-22-38-46/h13-14,19-22,25-32,35-38H,1-12,15-18,23-24,33-34H2/q+2. The quantitative estimate of drug-likeness (QED) is 0.0303. The summed E-state index contributed by atoms with van der Waals surface area (Å²) in [6, 6.07) is 27.6. The van der Waals surface area contributed by atoms with Crippen LogP contribution in [0.3, 0.4) is 0 Å². The van der Waals surface area contributed by atoms with Crippen LogP contribution in [0.25, 0.3) is 11.1 Å². The molecule has 0 bridgehead atoms. The monoisotopic (exact) mass is 678 g/mol. The minimum Gasteiger partial charge on any atom is -0.427 e. The normalized spacial score (nSPS) is 11.0. The van der Waals surface area contributed by atoms with E-state index < -0.39 is 0 Å². The fraction of sp³-hybridized carbons (Fsp3) is 0.455. The number of hydrogen-bond acceptors (Lipinski definition) is 4. The Balaban J connectivity index is 0.983. The van der Waals surface area contributed by atoms with Gasteiger partial charge < -0.3 is 9.47 Å². The number of rotatable bonds is 25. The summed E-state index contributed by atoms with van der Waals surface area (Å²) in [5, 5.41) is 0. The van der Waals surface area contributed by atoms with Gasteiger partial charge in [-0.15, -0.1) is 0 Å². The predicted octanol–water partition coefficient (Wildman–Crippen LogP) is 10.2. The number of hydrogen-bond donors (Lipinski definition) is 0. The minimum absolute atomic E-state index is 0.174. The fourth-order valence-corrected chi connectivity index (χ4v) is 6.21. The first kappa shape index (κ1) is 38.5.